The molecule has 1 aliphatic rings. The van der Waals surface area contributed by atoms with Crippen LogP contribution >= 0.6 is 0 Å². The summed E-state index contributed by atoms with van der Waals surface area (Å²) in [4.78, 5) is 18.3. The molecule has 2 aromatic heterocycles. The highest BCUT2D eigenvalue weighted by Gasteiger charge is 2.29. The minimum Gasteiger partial charge on any atom is -0.366 e. The highest BCUT2D eigenvalue weighted by molar-refractivity contribution is 5.78. The standard InChI is InChI=1S/C17H22N4O/c1-12-9-19-21(11-12)16-4-6-18-10-17(16)20-7-5-15(14(3)22)8-13(20)2/h4,6,9-11,13,15H,5,7-8H2,1-3H3. The van der Waals surface area contributed by atoms with Crippen molar-refractivity contribution in [3.05, 3.63) is 36.4 Å². The first kappa shape index (κ1) is 14.8. The number of aromatic nitrogens is 3. The van der Waals surface area contributed by atoms with Crippen LogP contribution in [0.25, 0.3) is 5.69 Å². The molecule has 2 aromatic rings. The lowest BCUT2D eigenvalue weighted by molar-refractivity contribution is -0.121. The van der Waals surface area contributed by atoms with Crippen LogP contribution in [0.1, 0.15) is 32.3 Å². The molecule has 116 valence electrons. The fourth-order valence-electron chi connectivity index (χ4n) is 3.24. The van der Waals surface area contributed by atoms with Crippen molar-refractivity contribution < 1.29 is 4.79 Å². The lowest BCUT2D eigenvalue weighted by Crippen LogP contribution is -2.43. The van der Waals surface area contributed by atoms with Crippen LogP contribution in [0.2, 0.25) is 0 Å². The lowest BCUT2D eigenvalue weighted by Gasteiger charge is -2.39. The molecule has 5 heteroatoms. The van der Waals surface area contributed by atoms with Gasteiger partial charge in [0.15, 0.2) is 0 Å². The van der Waals surface area contributed by atoms with Crippen molar-refractivity contribution in [1.29, 1.82) is 0 Å². The van der Waals surface area contributed by atoms with E-state index in [9.17, 15) is 4.79 Å². The van der Waals surface area contributed by atoms with Gasteiger partial charge in [-0.15, -0.1) is 0 Å². The molecule has 0 saturated carbocycles. The molecule has 5 nitrogen and oxygen atoms in total. The van der Waals surface area contributed by atoms with Gasteiger partial charge in [-0.2, -0.15) is 5.10 Å². The number of hydrogen-bond donors (Lipinski definition) is 0. The maximum absolute atomic E-state index is 11.6. The number of anilines is 1. The molecule has 1 fully saturated rings. The zero-order valence-electron chi connectivity index (χ0n) is 13.4. The van der Waals surface area contributed by atoms with Gasteiger partial charge in [0.25, 0.3) is 0 Å². The Morgan fingerprint density at radius 2 is 2.14 bits per heavy atom. The lowest BCUT2D eigenvalue weighted by atomic mass is 9.88. The van der Waals surface area contributed by atoms with E-state index in [-0.39, 0.29) is 5.92 Å². The average molecular weight is 298 g/mol. The average Bonchev–Trinajstić information content (AvgIpc) is 2.93. The summed E-state index contributed by atoms with van der Waals surface area (Å²) in [5.74, 6) is 0.499. The largest absolute Gasteiger partial charge is 0.366 e. The Hall–Kier alpha value is -2.17. The fraction of sp³-hybridized carbons (Fsp3) is 0.471. The van der Waals surface area contributed by atoms with Crippen molar-refractivity contribution in [2.75, 3.05) is 11.4 Å². The van der Waals surface area contributed by atoms with Crippen molar-refractivity contribution >= 4 is 11.5 Å². The SMILES string of the molecule is CC(=O)C1CCN(c2cnccc2-n2cc(C)cn2)C(C)C1. The first-order valence-corrected chi connectivity index (χ1v) is 7.79. The van der Waals surface area contributed by atoms with Gasteiger partial charge in [-0.25, -0.2) is 4.68 Å². The van der Waals surface area contributed by atoms with E-state index >= 15 is 0 Å². The van der Waals surface area contributed by atoms with E-state index in [1.165, 1.54) is 0 Å². The molecule has 1 aliphatic heterocycles. The topological polar surface area (TPSA) is 51.0 Å². The fourth-order valence-corrected chi connectivity index (χ4v) is 3.24. The van der Waals surface area contributed by atoms with Crippen LogP contribution in [-0.2, 0) is 4.79 Å². The van der Waals surface area contributed by atoms with Gasteiger partial charge in [0.05, 0.1) is 23.8 Å². The Labute approximate surface area is 131 Å². The maximum Gasteiger partial charge on any atom is 0.133 e. The number of rotatable bonds is 3. The molecule has 22 heavy (non-hydrogen) atoms. The molecule has 0 aromatic carbocycles. The second-order valence-electron chi connectivity index (χ2n) is 6.20. The number of piperidine rings is 1. The van der Waals surface area contributed by atoms with E-state index in [1.807, 2.05) is 36.3 Å². The zero-order chi connectivity index (χ0) is 15.7. The van der Waals surface area contributed by atoms with E-state index < -0.39 is 0 Å². The van der Waals surface area contributed by atoms with Crippen LogP contribution in [-0.4, -0.2) is 33.1 Å². The van der Waals surface area contributed by atoms with E-state index in [4.69, 9.17) is 0 Å². The molecular weight excluding hydrogens is 276 g/mol. The molecule has 3 rings (SSSR count). The van der Waals surface area contributed by atoms with Crippen molar-refractivity contribution in [2.45, 2.75) is 39.7 Å². The normalized spacial score (nSPS) is 21.9. The molecule has 0 bridgehead atoms. The van der Waals surface area contributed by atoms with E-state index in [0.717, 1.165) is 36.3 Å². The van der Waals surface area contributed by atoms with Crippen LogP contribution in [0.4, 0.5) is 5.69 Å². The maximum atomic E-state index is 11.6. The van der Waals surface area contributed by atoms with Crippen molar-refractivity contribution in [1.82, 2.24) is 14.8 Å². The number of Topliss-reactive ketones (excluding diaryl/α,β-unsaturated/α-hetero) is 1. The highest BCUT2D eigenvalue weighted by atomic mass is 16.1. The number of carbonyl (C=O) groups is 1. The molecule has 1 saturated heterocycles. The number of ketones is 1. The molecule has 0 spiro atoms. The molecule has 3 heterocycles. The van der Waals surface area contributed by atoms with Gasteiger partial charge >= 0.3 is 0 Å². The van der Waals surface area contributed by atoms with E-state index in [1.54, 1.807) is 13.1 Å². The molecule has 2 atom stereocenters. The summed E-state index contributed by atoms with van der Waals surface area (Å²) in [6.45, 7) is 6.80. The van der Waals surface area contributed by atoms with Crippen LogP contribution in [0.3, 0.4) is 0 Å². The van der Waals surface area contributed by atoms with Gasteiger partial charge in [-0.05, 0) is 45.2 Å². The number of hydrogen-bond acceptors (Lipinski definition) is 4. The van der Waals surface area contributed by atoms with Crippen LogP contribution < -0.4 is 4.90 Å². The second kappa shape index (κ2) is 5.91. The van der Waals surface area contributed by atoms with Gasteiger partial charge in [-0.1, -0.05) is 0 Å². The zero-order valence-corrected chi connectivity index (χ0v) is 13.4. The summed E-state index contributed by atoms with van der Waals surface area (Å²) in [6, 6.07) is 2.31. The van der Waals surface area contributed by atoms with Crippen LogP contribution in [0.5, 0.6) is 0 Å². The predicted molar refractivity (Wildman–Crippen MR) is 86.3 cm³/mol. The monoisotopic (exact) mass is 298 g/mol. The molecule has 0 N–H and O–H groups in total. The Morgan fingerprint density at radius 1 is 1.32 bits per heavy atom. The molecule has 2 unspecified atom stereocenters. The molecule has 0 aliphatic carbocycles. The number of carbonyl (C=O) groups excluding carboxylic acids is 1. The molecule has 0 amide bonds. The van der Waals surface area contributed by atoms with Crippen molar-refractivity contribution in [2.24, 2.45) is 5.92 Å². The van der Waals surface area contributed by atoms with Gasteiger partial charge in [-0.3, -0.25) is 9.78 Å². The van der Waals surface area contributed by atoms with Gasteiger partial charge in [0.2, 0.25) is 0 Å². The third kappa shape index (κ3) is 2.75. The first-order chi connectivity index (χ1) is 10.6. The van der Waals surface area contributed by atoms with Crippen molar-refractivity contribution in [3.63, 3.8) is 0 Å². The van der Waals surface area contributed by atoms with E-state index in [2.05, 4.69) is 21.9 Å². The van der Waals surface area contributed by atoms with Gasteiger partial charge in [0.1, 0.15) is 5.78 Å². The number of pyridine rings is 1. The second-order valence-corrected chi connectivity index (χ2v) is 6.20. The third-order valence-corrected chi connectivity index (χ3v) is 4.50. The first-order valence-electron chi connectivity index (χ1n) is 7.79. The van der Waals surface area contributed by atoms with E-state index in [0.29, 0.717) is 11.8 Å². The smallest absolute Gasteiger partial charge is 0.133 e. The summed E-state index contributed by atoms with van der Waals surface area (Å²) in [7, 11) is 0. The van der Waals surface area contributed by atoms with Crippen LogP contribution in [0, 0.1) is 12.8 Å². The number of nitrogens with zero attached hydrogens (tertiary/aromatic N) is 4. The summed E-state index contributed by atoms with van der Waals surface area (Å²) < 4.78 is 1.90. The number of aryl methyl sites for hydroxylation is 1. The molecular formula is C17H22N4O. The molecule has 0 radical (unpaired) electrons. The minimum absolute atomic E-state index is 0.193. The Balaban J connectivity index is 1.91. The summed E-state index contributed by atoms with van der Waals surface area (Å²) >= 11 is 0. The van der Waals surface area contributed by atoms with Crippen molar-refractivity contribution in [3.8, 4) is 5.69 Å². The summed E-state index contributed by atoms with van der Waals surface area (Å²) in [6.07, 6.45) is 9.38. The quantitative estimate of drug-likeness (QED) is 0.874. The Morgan fingerprint density at radius 3 is 2.77 bits per heavy atom. The van der Waals surface area contributed by atoms with Gasteiger partial charge < -0.3 is 4.90 Å². The van der Waals surface area contributed by atoms with Crippen LogP contribution in [0.15, 0.2) is 30.9 Å². The van der Waals surface area contributed by atoms with Gasteiger partial charge in [0, 0.05) is 30.9 Å². The predicted octanol–water partition coefficient (Wildman–Crippen LogP) is 2.77. The highest BCUT2D eigenvalue weighted by Crippen LogP contribution is 2.31. The summed E-state index contributed by atoms with van der Waals surface area (Å²) in [5, 5.41) is 4.42. The third-order valence-electron chi connectivity index (χ3n) is 4.50. The Kier molecular flexibility index (Phi) is 3.96. The Bertz CT molecular complexity index is 679. The minimum atomic E-state index is 0.193. The summed E-state index contributed by atoms with van der Waals surface area (Å²) in [5.41, 5.74) is 3.25.